The van der Waals surface area contributed by atoms with Crippen molar-refractivity contribution in [1.29, 1.82) is 0 Å². The fourth-order valence-electron chi connectivity index (χ4n) is 0.871. The second-order valence-electron chi connectivity index (χ2n) is 2.34. The molecule has 1 N–H and O–H groups in total. The maximum absolute atomic E-state index is 11.1. The van der Waals surface area contributed by atoms with Crippen LogP contribution in [-0.2, 0) is 9.84 Å². The minimum absolute atomic E-state index is 0.206. The highest BCUT2D eigenvalue weighted by Gasteiger charge is 2.21. The predicted molar refractivity (Wildman–Crippen MR) is 44.0 cm³/mol. The molecule has 5 heteroatoms. The van der Waals surface area contributed by atoms with Crippen LogP contribution in [0.3, 0.4) is 0 Å². The van der Waals surface area contributed by atoms with Crippen LogP contribution < -0.4 is 5.32 Å². The number of nitrogens with one attached hydrogen (secondary N) is 1. The molecule has 11 heavy (non-hydrogen) atoms. The largest absolute Gasteiger partial charge is 0.314 e. The number of allylic oxidation sites excluding steroid dienone is 1. The van der Waals surface area contributed by atoms with Crippen molar-refractivity contribution in [2.75, 3.05) is 13.6 Å². The van der Waals surface area contributed by atoms with Crippen LogP contribution in [-0.4, -0.2) is 27.1 Å². The molecule has 0 saturated heterocycles. The zero-order valence-electron chi connectivity index (χ0n) is 6.46. The second kappa shape index (κ2) is 2.75. The number of hydrogen-bond acceptors (Lipinski definition) is 4. The van der Waals surface area contributed by atoms with Crippen molar-refractivity contribution in [3.8, 4) is 0 Å². The van der Waals surface area contributed by atoms with Gasteiger partial charge in [0.15, 0.2) is 5.04 Å². The van der Waals surface area contributed by atoms with Crippen molar-refractivity contribution in [3.05, 3.63) is 11.1 Å². The molecular weight excluding hydrogens is 164 g/mol. The molecule has 0 fully saturated rings. The summed E-state index contributed by atoms with van der Waals surface area (Å²) in [5.41, 5.74) is 0.551. The Labute approximate surface area is 65.9 Å². The van der Waals surface area contributed by atoms with E-state index in [0.29, 0.717) is 12.2 Å². The van der Waals surface area contributed by atoms with Gasteiger partial charge in [0.2, 0.25) is 9.84 Å². The highest BCUT2D eigenvalue weighted by molar-refractivity contribution is 8.09. The molecule has 1 rings (SSSR count). The van der Waals surface area contributed by atoms with Crippen molar-refractivity contribution in [2.24, 2.45) is 4.99 Å². The Morgan fingerprint density at radius 3 is 2.64 bits per heavy atom. The van der Waals surface area contributed by atoms with Gasteiger partial charge >= 0.3 is 0 Å². The van der Waals surface area contributed by atoms with Gasteiger partial charge < -0.3 is 5.32 Å². The number of aliphatic imine (C=N–C) groups is 1. The molecule has 1 aliphatic heterocycles. The molecule has 0 aromatic heterocycles. The van der Waals surface area contributed by atoms with Crippen molar-refractivity contribution in [2.45, 2.75) is 6.92 Å². The minimum Gasteiger partial charge on any atom is -0.314 e. The van der Waals surface area contributed by atoms with Crippen LogP contribution >= 0.6 is 0 Å². The van der Waals surface area contributed by atoms with E-state index in [9.17, 15) is 8.42 Å². The first-order chi connectivity index (χ1) is 5.06. The molecule has 0 aromatic rings. The lowest BCUT2D eigenvalue weighted by atomic mass is 10.6. The van der Waals surface area contributed by atoms with E-state index in [1.165, 1.54) is 5.41 Å². The molecular formula is C6H10N2O2S. The van der Waals surface area contributed by atoms with Crippen LogP contribution in [0.2, 0.25) is 0 Å². The molecule has 0 aliphatic carbocycles. The first-order valence-electron chi connectivity index (χ1n) is 3.22. The summed E-state index contributed by atoms with van der Waals surface area (Å²) in [6.07, 6.45) is 0. The van der Waals surface area contributed by atoms with E-state index in [0.717, 1.165) is 0 Å². The lowest BCUT2D eigenvalue weighted by molar-refractivity contribution is 0.614. The molecule has 1 heterocycles. The van der Waals surface area contributed by atoms with Gasteiger partial charge in [-0.3, -0.25) is 0 Å². The lowest BCUT2D eigenvalue weighted by Gasteiger charge is -1.96. The minimum atomic E-state index is -3.17. The van der Waals surface area contributed by atoms with E-state index < -0.39 is 9.84 Å². The van der Waals surface area contributed by atoms with E-state index in [2.05, 4.69) is 10.3 Å². The Balaban J connectivity index is 2.95. The van der Waals surface area contributed by atoms with Crippen LogP contribution in [0.1, 0.15) is 6.92 Å². The van der Waals surface area contributed by atoms with Gasteiger partial charge in [-0.1, -0.05) is 0 Å². The zero-order chi connectivity index (χ0) is 8.48. The fourth-order valence-corrected chi connectivity index (χ4v) is 2.13. The van der Waals surface area contributed by atoms with Crippen LogP contribution in [0.15, 0.2) is 16.1 Å². The quantitative estimate of drug-likeness (QED) is 0.635. The van der Waals surface area contributed by atoms with Crippen molar-refractivity contribution in [1.82, 2.24) is 5.32 Å². The highest BCUT2D eigenvalue weighted by Crippen LogP contribution is 2.12. The summed E-state index contributed by atoms with van der Waals surface area (Å²) in [5, 5.41) is 4.13. The highest BCUT2D eigenvalue weighted by atomic mass is 32.2. The maximum atomic E-state index is 11.1. The third kappa shape index (κ3) is 1.66. The lowest BCUT2D eigenvalue weighted by Crippen LogP contribution is -2.23. The fraction of sp³-hybridized carbons (Fsp3) is 0.500. The average Bonchev–Trinajstić information content (AvgIpc) is 2.07. The molecule has 0 radical (unpaired) electrons. The molecule has 0 spiro atoms. The van der Waals surface area contributed by atoms with E-state index >= 15 is 0 Å². The number of sulfone groups is 1. The van der Waals surface area contributed by atoms with Crippen LogP contribution in [0.4, 0.5) is 0 Å². The summed E-state index contributed by atoms with van der Waals surface area (Å²) in [4.78, 5) is 3.86. The topological polar surface area (TPSA) is 58.5 Å². The standard InChI is InChI=1S/C6H10N2O2S/c1-5-4-11(9,10)6(8-5)3-7-2/h4,7H,3H2,1-2H3. The number of nitrogens with zero attached hydrogens (tertiary/aromatic N) is 1. The van der Waals surface area contributed by atoms with E-state index in [1.54, 1.807) is 14.0 Å². The summed E-state index contributed by atoms with van der Waals surface area (Å²) in [6, 6.07) is 0. The predicted octanol–water partition coefficient (Wildman–Crippen LogP) is -0.106. The molecule has 0 aromatic carbocycles. The smallest absolute Gasteiger partial charge is 0.216 e. The first kappa shape index (κ1) is 8.42. The summed E-state index contributed by atoms with van der Waals surface area (Å²) < 4.78 is 22.2. The Morgan fingerprint density at radius 1 is 1.64 bits per heavy atom. The zero-order valence-corrected chi connectivity index (χ0v) is 7.27. The van der Waals surface area contributed by atoms with Gasteiger partial charge in [0.05, 0.1) is 11.1 Å². The Kier molecular flexibility index (Phi) is 2.10. The van der Waals surface area contributed by atoms with Gasteiger partial charge in [0.1, 0.15) is 0 Å². The van der Waals surface area contributed by atoms with Crippen LogP contribution in [0.25, 0.3) is 0 Å². The van der Waals surface area contributed by atoms with Crippen LogP contribution in [0, 0.1) is 0 Å². The normalized spacial score (nSPS) is 21.3. The molecule has 62 valence electrons. The average molecular weight is 174 g/mol. The Bertz CT molecular complexity index is 313. The van der Waals surface area contributed by atoms with E-state index in [4.69, 9.17) is 0 Å². The van der Waals surface area contributed by atoms with Crippen LogP contribution in [0.5, 0.6) is 0 Å². The SMILES string of the molecule is CNCC1=NC(C)=CS1(=O)=O. The number of hydrogen-bond donors (Lipinski definition) is 1. The third-order valence-corrected chi connectivity index (χ3v) is 2.83. The molecule has 1 aliphatic rings. The summed E-state index contributed by atoms with van der Waals surface area (Å²) in [7, 11) is -1.49. The molecule has 0 saturated carbocycles. The molecule has 0 bridgehead atoms. The first-order valence-corrected chi connectivity index (χ1v) is 4.76. The van der Waals surface area contributed by atoms with E-state index in [1.807, 2.05) is 0 Å². The Morgan fingerprint density at radius 2 is 2.27 bits per heavy atom. The van der Waals surface area contributed by atoms with E-state index in [-0.39, 0.29) is 5.04 Å². The third-order valence-electron chi connectivity index (χ3n) is 1.28. The number of rotatable bonds is 2. The van der Waals surface area contributed by atoms with Crippen molar-refractivity contribution in [3.63, 3.8) is 0 Å². The van der Waals surface area contributed by atoms with Gasteiger partial charge in [-0.15, -0.1) is 0 Å². The summed E-state index contributed by atoms with van der Waals surface area (Å²) in [5.74, 6) is 0. The maximum Gasteiger partial charge on any atom is 0.216 e. The van der Waals surface area contributed by atoms with Gasteiger partial charge in [0.25, 0.3) is 0 Å². The Hall–Kier alpha value is -0.680. The molecule has 0 unspecified atom stereocenters. The van der Waals surface area contributed by atoms with Gasteiger partial charge in [-0.05, 0) is 14.0 Å². The van der Waals surface area contributed by atoms with Gasteiger partial charge in [0, 0.05) is 6.54 Å². The molecule has 0 atom stereocenters. The molecule has 0 amide bonds. The second-order valence-corrected chi connectivity index (χ2v) is 4.14. The summed E-state index contributed by atoms with van der Waals surface area (Å²) >= 11 is 0. The molecule has 4 nitrogen and oxygen atoms in total. The van der Waals surface area contributed by atoms with Gasteiger partial charge in [-0.25, -0.2) is 13.4 Å². The van der Waals surface area contributed by atoms with Gasteiger partial charge in [-0.2, -0.15) is 0 Å². The van der Waals surface area contributed by atoms with Crippen molar-refractivity contribution >= 4 is 14.9 Å². The summed E-state index contributed by atoms with van der Waals surface area (Å²) in [6.45, 7) is 1.97. The van der Waals surface area contributed by atoms with Crippen molar-refractivity contribution < 1.29 is 8.42 Å². The monoisotopic (exact) mass is 174 g/mol.